The fourth-order valence-corrected chi connectivity index (χ4v) is 1.60. The van der Waals surface area contributed by atoms with E-state index in [1.165, 1.54) is 6.07 Å². The second kappa shape index (κ2) is 2.48. The number of furan rings is 1. The summed E-state index contributed by atoms with van der Waals surface area (Å²) < 4.78 is 5.94. The van der Waals surface area contributed by atoms with Crippen LogP contribution in [0, 0.1) is 6.92 Å². The Balaban J connectivity index is 2.97. The van der Waals surface area contributed by atoms with Crippen molar-refractivity contribution in [3.05, 3.63) is 32.8 Å². The summed E-state index contributed by atoms with van der Waals surface area (Å²) in [7, 11) is 0. The van der Waals surface area contributed by atoms with Crippen molar-refractivity contribution in [1.82, 2.24) is 4.98 Å². The van der Waals surface area contributed by atoms with Gasteiger partial charge in [0.1, 0.15) is 0 Å². The molecule has 0 fully saturated rings. The molecule has 0 saturated heterocycles. The van der Waals surface area contributed by atoms with Crippen LogP contribution < -0.4 is 5.56 Å². The van der Waals surface area contributed by atoms with Gasteiger partial charge in [-0.1, -0.05) is 0 Å². The number of fused-ring (bicyclic) bond motifs is 1. The third kappa shape index (κ3) is 1.08. The number of nitrogens with one attached hydrogen (secondary N) is 1. The molecule has 3 nitrogen and oxygen atoms in total. The first-order chi connectivity index (χ1) is 5.66. The highest BCUT2D eigenvalue weighted by Crippen LogP contribution is 2.23. The fraction of sp³-hybridized carbons (Fsp3) is 0.125. The van der Waals surface area contributed by atoms with E-state index in [0.29, 0.717) is 4.67 Å². The van der Waals surface area contributed by atoms with Gasteiger partial charge in [0.15, 0.2) is 10.3 Å². The van der Waals surface area contributed by atoms with Crippen molar-refractivity contribution in [2.45, 2.75) is 6.92 Å². The maximum absolute atomic E-state index is 11.0. The summed E-state index contributed by atoms with van der Waals surface area (Å²) in [5, 5.41) is 0.822. The van der Waals surface area contributed by atoms with Crippen LogP contribution in [0.1, 0.15) is 5.69 Å². The number of halogens is 1. The van der Waals surface area contributed by atoms with Crippen molar-refractivity contribution in [3.8, 4) is 0 Å². The average Bonchev–Trinajstić information content (AvgIpc) is 2.29. The summed E-state index contributed by atoms with van der Waals surface area (Å²) in [4.78, 5) is 13.7. The minimum Gasteiger partial charge on any atom is -0.448 e. The van der Waals surface area contributed by atoms with Crippen LogP contribution in [0.3, 0.4) is 0 Å². The molecule has 4 heteroatoms. The van der Waals surface area contributed by atoms with Gasteiger partial charge in [0.2, 0.25) is 5.56 Å². The van der Waals surface area contributed by atoms with Gasteiger partial charge in [0, 0.05) is 11.5 Å². The van der Waals surface area contributed by atoms with Crippen molar-refractivity contribution >= 4 is 26.9 Å². The summed E-state index contributed by atoms with van der Waals surface area (Å²) in [6.45, 7) is 1.81. The molecule has 1 N–H and O–H groups in total. The Kier molecular flexibility index (Phi) is 1.58. The van der Waals surface area contributed by atoms with Crippen molar-refractivity contribution in [2.24, 2.45) is 0 Å². The zero-order valence-electron chi connectivity index (χ0n) is 6.35. The molecule has 0 saturated carbocycles. The van der Waals surface area contributed by atoms with Crippen molar-refractivity contribution < 1.29 is 4.42 Å². The number of aromatic nitrogens is 1. The van der Waals surface area contributed by atoms with Crippen LogP contribution in [-0.2, 0) is 0 Å². The number of hydrogen-bond acceptors (Lipinski definition) is 2. The molecular formula is C8H6BrNO2. The molecule has 0 amide bonds. The molecule has 2 heterocycles. The van der Waals surface area contributed by atoms with Crippen LogP contribution in [0.25, 0.3) is 11.0 Å². The van der Waals surface area contributed by atoms with E-state index in [1.807, 2.05) is 0 Å². The summed E-state index contributed by atoms with van der Waals surface area (Å²) in [6, 6.07) is 3.29. The maximum atomic E-state index is 11.0. The Hall–Kier alpha value is -1.03. The van der Waals surface area contributed by atoms with Crippen LogP contribution in [0.2, 0.25) is 0 Å². The molecule has 2 aromatic rings. The Morgan fingerprint density at radius 2 is 2.25 bits per heavy atom. The first-order valence-electron chi connectivity index (χ1n) is 3.46. The fourth-order valence-electron chi connectivity index (χ4n) is 1.19. The molecule has 0 aliphatic heterocycles. The van der Waals surface area contributed by atoms with E-state index in [9.17, 15) is 4.79 Å². The van der Waals surface area contributed by atoms with E-state index < -0.39 is 0 Å². The number of rotatable bonds is 0. The van der Waals surface area contributed by atoms with E-state index in [4.69, 9.17) is 4.42 Å². The molecule has 0 spiro atoms. The van der Waals surface area contributed by atoms with Crippen molar-refractivity contribution in [1.29, 1.82) is 0 Å². The van der Waals surface area contributed by atoms with Gasteiger partial charge >= 0.3 is 0 Å². The first-order valence-corrected chi connectivity index (χ1v) is 4.25. The summed E-state index contributed by atoms with van der Waals surface area (Å²) >= 11 is 3.20. The van der Waals surface area contributed by atoms with Gasteiger partial charge < -0.3 is 9.40 Å². The van der Waals surface area contributed by atoms with E-state index >= 15 is 0 Å². The lowest BCUT2D eigenvalue weighted by Gasteiger charge is -1.91. The topological polar surface area (TPSA) is 46.0 Å². The highest BCUT2D eigenvalue weighted by molar-refractivity contribution is 9.10. The zero-order chi connectivity index (χ0) is 8.72. The van der Waals surface area contributed by atoms with Crippen molar-refractivity contribution in [2.75, 3.05) is 0 Å². The van der Waals surface area contributed by atoms with Gasteiger partial charge in [-0.3, -0.25) is 4.79 Å². The minimum absolute atomic E-state index is 0.103. The Labute approximate surface area is 76.5 Å². The summed E-state index contributed by atoms with van der Waals surface area (Å²) in [5.41, 5.74) is 1.37. The number of H-pyrrole nitrogens is 1. The van der Waals surface area contributed by atoms with Crippen LogP contribution >= 0.6 is 15.9 Å². The number of aromatic amines is 1. The van der Waals surface area contributed by atoms with Crippen LogP contribution in [0.4, 0.5) is 0 Å². The second-order valence-corrected chi connectivity index (χ2v) is 3.38. The Bertz CT molecular complexity index is 483. The number of hydrogen-bond donors (Lipinski definition) is 1. The molecule has 0 unspecified atom stereocenters. The summed E-state index contributed by atoms with van der Waals surface area (Å²) in [5.74, 6) is 0. The SMILES string of the molecule is Cc1[nH]c(=O)cc2cc(Br)oc12. The largest absolute Gasteiger partial charge is 0.448 e. The van der Waals surface area contributed by atoms with E-state index in [1.54, 1.807) is 13.0 Å². The van der Waals surface area contributed by atoms with Gasteiger partial charge in [-0.15, -0.1) is 0 Å². The van der Waals surface area contributed by atoms with Gasteiger partial charge in [0.05, 0.1) is 5.69 Å². The molecule has 0 aliphatic rings. The standard InChI is InChI=1S/C8H6BrNO2/c1-4-8-5(2-6(9)12-8)3-7(11)10-4/h2-3H,1H3,(H,10,11). The van der Waals surface area contributed by atoms with E-state index in [0.717, 1.165) is 16.7 Å². The smallest absolute Gasteiger partial charge is 0.248 e. The molecule has 0 aliphatic carbocycles. The third-order valence-corrected chi connectivity index (χ3v) is 2.06. The highest BCUT2D eigenvalue weighted by atomic mass is 79.9. The first kappa shape index (κ1) is 7.61. The van der Waals surface area contributed by atoms with E-state index in [-0.39, 0.29) is 5.56 Å². The molecule has 0 radical (unpaired) electrons. The molecule has 2 rings (SSSR count). The lowest BCUT2D eigenvalue weighted by Crippen LogP contribution is -2.04. The molecule has 2 aromatic heterocycles. The van der Waals surface area contributed by atoms with Crippen molar-refractivity contribution in [3.63, 3.8) is 0 Å². The molecular weight excluding hydrogens is 222 g/mol. The Morgan fingerprint density at radius 3 is 3.00 bits per heavy atom. The Morgan fingerprint density at radius 1 is 1.50 bits per heavy atom. The predicted octanol–water partition coefficient (Wildman–Crippen LogP) is 2.19. The van der Waals surface area contributed by atoms with Crippen LogP contribution in [-0.4, -0.2) is 4.98 Å². The quantitative estimate of drug-likeness (QED) is 0.751. The lowest BCUT2D eigenvalue weighted by atomic mass is 10.3. The highest BCUT2D eigenvalue weighted by Gasteiger charge is 2.04. The van der Waals surface area contributed by atoms with Crippen LogP contribution in [0.5, 0.6) is 0 Å². The number of pyridine rings is 1. The second-order valence-electron chi connectivity index (χ2n) is 2.59. The average molecular weight is 228 g/mol. The monoisotopic (exact) mass is 227 g/mol. The van der Waals surface area contributed by atoms with Gasteiger partial charge in [0.25, 0.3) is 0 Å². The maximum Gasteiger partial charge on any atom is 0.248 e. The molecule has 0 atom stereocenters. The minimum atomic E-state index is -0.103. The third-order valence-electron chi connectivity index (χ3n) is 1.67. The lowest BCUT2D eigenvalue weighted by molar-refractivity contribution is 0.583. The normalized spacial score (nSPS) is 10.8. The number of aryl methyl sites for hydroxylation is 1. The molecule has 62 valence electrons. The predicted molar refractivity (Wildman–Crippen MR) is 49.3 cm³/mol. The zero-order valence-corrected chi connectivity index (χ0v) is 7.94. The van der Waals surface area contributed by atoms with E-state index in [2.05, 4.69) is 20.9 Å². The molecule has 0 aromatic carbocycles. The molecule has 0 bridgehead atoms. The summed E-state index contributed by atoms with van der Waals surface area (Å²) in [6.07, 6.45) is 0. The molecule has 12 heavy (non-hydrogen) atoms. The van der Waals surface area contributed by atoms with Gasteiger partial charge in [-0.25, -0.2) is 0 Å². The van der Waals surface area contributed by atoms with Crippen LogP contribution in [0.15, 0.2) is 26.0 Å². The van der Waals surface area contributed by atoms with Gasteiger partial charge in [-0.2, -0.15) is 0 Å². The van der Waals surface area contributed by atoms with Gasteiger partial charge in [-0.05, 0) is 28.9 Å².